The first kappa shape index (κ1) is 10.9. The van der Waals surface area contributed by atoms with E-state index in [4.69, 9.17) is 39.5 Å². The predicted octanol–water partition coefficient (Wildman–Crippen LogP) is 3.83. The summed E-state index contributed by atoms with van der Waals surface area (Å²) in [5, 5.41) is 0.913. The highest BCUT2D eigenvalue weighted by molar-refractivity contribution is 6.42. The highest BCUT2D eigenvalue weighted by Gasteiger charge is 2.07. The van der Waals surface area contributed by atoms with Crippen molar-refractivity contribution in [1.82, 2.24) is 4.98 Å². The van der Waals surface area contributed by atoms with Gasteiger partial charge in [0.15, 0.2) is 5.15 Å². The van der Waals surface area contributed by atoms with E-state index in [2.05, 4.69) is 4.98 Å². The Labute approximate surface area is 91.8 Å². The Balaban J connectivity index is 2.88. The summed E-state index contributed by atoms with van der Waals surface area (Å²) < 4.78 is 5.24. The summed E-state index contributed by atoms with van der Waals surface area (Å²) in [6.07, 6.45) is 0.887. The highest BCUT2D eigenvalue weighted by Crippen LogP contribution is 2.30. The van der Waals surface area contributed by atoms with Gasteiger partial charge in [-0.3, -0.25) is 0 Å². The number of hydrogen-bond donors (Lipinski definition) is 0. The molecule has 0 aromatic carbocycles. The molecule has 2 nitrogen and oxygen atoms in total. The zero-order valence-electron chi connectivity index (χ0n) is 6.98. The van der Waals surface area contributed by atoms with Crippen LogP contribution in [0.15, 0.2) is 6.07 Å². The van der Waals surface area contributed by atoms with Crippen LogP contribution in [0.3, 0.4) is 0 Å². The van der Waals surface area contributed by atoms with Crippen molar-refractivity contribution in [3.05, 3.63) is 21.3 Å². The maximum atomic E-state index is 5.81. The fraction of sp³-hybridized carbons (Fsp3) is 0.375. The van der Waals surface area contributed by atoms with Crippen LogP contribution in [-0.4, -0.2) is 11.6 Å². The van der Waals surface area contributed by atoms with Gasteiger partial charge in [-0.15, -0.1) is 0 Å². The minimum absolute atomic E-state index is 0.206. The van der Waals surface area contributed by atoms with Crippen LogP contribution in [0, 0.1) is 0 Å². The lowest BCUT2D eigenvalue weighted by atomic mass is 10.5. The van der Waals surface area contributed by atoms with Gasteiger partial charge in [0, 0.05) is 0 Å². The molecule has 5 heteroatoms. The smallest absolute Gasteiger partial charge is 0.234 e. The van der Waals surface area contributed by atoms with Crippen molar-refractivity contribution in [2.24, 2.45) is 0 Å². The number of aromatic nitrogens is 1. The van der Waals surface area contributed by atoms with E-state index in [9.17, 15) is 0 Å². The van der Waals surface area contributed by atoms with E-state index in [1.165, 1.54) is 6.07 Å². The summed E-state index contributed by atoms with van der Waals surface area (Å²) in [7, 11) is 0. The van der Waals surface area contributed by atoms with Crippen molar-refractivity contribution in [3.63, 3.8) is 0 Å². The van der Waals surface area contributed by atoms with Gasteiger partial charge in [0.2, 0.25) is 5.88 Å². The van der Waals surface area contributed by atoms with Crippen molar-refractivity contribution in [3.8, 4) is 5.88 Å². The molecule has 0 saturated carbocycles. The zero-order valence-corrected chi connectivity index (χ0v) is 9.25. The Hall–Kier alpha value is -0.180. The maximum Gasteiger partial charge on any atom is 0.234 e. The minimum Gasteiger partial charge on any atom is -0.477 e. The fourth-order valence-corrected chi connectivity index (χ4v) is 1.27. The molecule has 0 unspecified atom stereocenters. The van der Waals surface area contributed by atoms with Crippen LogP contribution in [0.5, 0.6) is 5.88 Å². The summed E-state index contributed by atoms with van der Waals surface area (Å²) in [6.45, 7) is 2.55. The normalized spacial score (nSPS) is 10.2. The molecule has 1 heterocycles. The van der Waals surface area contributed by atoms with Crippen LogP contribution in [0.25, 0.3) is 0 Å². The molecule has 13 heavy (non-hydrogen) atoms. The first-order chi connectivity index (χ1) is 6.15. The molecule has 0 aliphatic heterocycles. The average molecular weight is 241 g/mol. The van der Waals surface area contributed by atoms with E-state index in [1.54, 1.807) is 0 Å². The minimum atomic E-state index is 0.206. The Morgan fingerprint density at radius 3 is 2.62 bits per heavy atom. The first-order valence-electron chi connectivity index (χ1n) is 3.79. The lowest BCUT2D eigenvalue weighted by Gasteiger charge is -2.06. The average Bonchev–Trinajstić information content (AvgIpc) is 2.09. The third-order valence-corrected chi connectivity index (χ3v) is 2.24. The number of pyridine rings is 1. The van der Waals surface area contributed by atoms with Gasteiger partial charge in [-0.05, 0) is 12.5 Å². The van der Waals surface area contributed by atoms with Gasteiger partial charge in [-0.1, -0.05) is 41.7 Å². The third-order valence-electron chi connectivity index (χ3n) is 1.30. The summed E-state index contributed by atoms with van der Waals surface area (Å²) in [5.41, 5.74) is 0. The Kier molecular flexibility index (Phi) is 4.10. The van der Waals surface area contributed by atoms with Crippen LogP contribution in [0.2, 0.25) is 15.2 Å². The molecule has 0 amide bonds. The van der Waals surface area contributed by atoms with Gasteiger partial charge in [0.05, 0.1) is 11.6 Å². The fourth-order valence-electron chi connectivity index (χ4n) is 0.728. The molecule has 0 saturated heterocycles. The molecule has 0 spiro atoms. The molecular weight excluding hydrogens is 232 g/mol. The van der Waals surface area contributed by atoms with Crippen LogP contribution in [0.1, 0.15) is 13.3 Å². The maximum absolute atomic E-state index is 5.81. The van der Waals surface area contributed by atoms with E-state index >= 15 is 0 Å². The zero-order chi connectivity index (χ0) is 9.84. The molecule has 0 radical (unpaired) electrons. The first-order valence-corrected chi connectivity index (χ1v) is 4.93. The van der Waals surface area contributed by atoms with E-state index in [-0.39, 0.29) is 5.15 Å². The number of halogens is 3. The molecule has 0 aliphatic carbocycles. The summed E-state index contributed by atoms with van der Waals surface area (Å²) >= 11 is 17.2. The van der Waals surface area contributed by atoms with Crippen molar-refractivity contribution >= 4 is 34.8 Å². The summed E-state index contributed by atoms with van der Waals surface area (Å²) in [5.74, 6) is 0.331. The van der Waals surface area contributed by atoms with Crippen molar-refractivity contribution in [2.45, 2.75) is 13.3 Å². The number of nitrogens with zero attached hydrogens (tertiary/aromatic N) is 1. The lowest BCUT2D eigenvalue weighted by molar-refractivity contribution is 0.305. The second-order valence-corrected chi connectivity index (χ2v) is 3.57. The van der Waals surface area contributed by atoms with Gasteiger partial charge in [0.1, 0.15) is 5.02 Å². The number of ether oxygens (including phenoxy) is 1. The lowest BCUT2D eigenvalue weighted by Crippen LogP contribution is -1.98. The van der Waals surface area contributed by atoms with Crippen LogP contribution in [-0.2, 0) is 0 Å². The Bertz CT molecular complexity index is 304. The molecule has 0 bridgehead atoms. The van der Waals surface area contributed by atoms with Crippen molar-refractivity contribution in [1.29, 1.82) is 0 Å². The largest absolute Gasteiger partial charge is 0.477 e. The standard InChI is InChI=1S/C8H8Cl3NO/c1-2-3-13-8-6(10)4-5(9)7(11)12-8/h4H,2-3H2,1H3. The second-order valence-electron chi connectivity index (χ2n) is 2.40. The molecule has 1 aromatic heterocycles. The van der Waals surface area contributed by atoms with Crippen molar-refractivity contribution in [2.75, 3.05) is 6.61 Å². The van der Waals surface area contributed by atoms with Gasteiger partial charge in [-0.2, -0.15) is 4.98 Å². The van der Waals surface area contributed by atoms with Crippen LogP contribution < -0.4 is 4.74 Å². The molecule has 0 aliphatic rings. The summed E-state index contributed by atoms with van der Waals surface area (Å²) in [4.78, 5) is 3.89. The summed E-state index contributed by atoms with van der Waals surface area (Å²) in [6, 6.07) is 1.52. The van der Waals surface area contributed by atoms with Crippen molar-refractivity contribution < 1.29 is 4.74 Å². The molecule has 0 N–H and O–H groups in total. The monoisotopic (exact) mass is 239 g/mol. The van der Waals surface area contributed by atoms with Gasteiger partial charge < -0.3 is 4.74 Å². The number of hydrogen-bond acceptors (Lipinski definition) is 2. The molecule has 0 atom stereocenters. The molecule has 72 valence electrons. The van der Waals surface area contributed by atoms with E-state index < -0.39 is 0 Å². The topological polar surface area (TPSA) is 22.1 Å². The highest BCUT2D eigenvalue weighted by atomic mass is 35.5. The molecular formula is C8H8Cl3NO. The van der Waals surface area contributed by atoms with Gasteiger partial charge in [-0.25, -0.2) is 0 Å². The quantitative estimate of drug-likeness (QED) is 0.749. The van der Waals surface area contributed by atoms with Gasteiger partial charge in [0.25, 0.3) is 0 Å². The Morgan fingerprint density at radius 2 is 2.00 bits per heavy atom. The van der Waals surface area contributed by atoms with E-state index in [1.807, 2.05) is 6.92 Å². The predicted molar refractivity (Wildman–Crippen MR) is 55.1 cm³/mol. The molecule has 1 rings (SSSR count). The Morgan fingerprint density at radius 1 is 1.31 bits per heavy atom. The number of rotatable bonds is 3. The van der Waals surface area contributed by atoms with Gasteiger partial charge >= 0.3 is 0 Å². The van der Waals surface area contributed by atoms with E-state index in [0.29, 0.717) is 22.5 Å². The van der Waals surface area contributed by atoms with Crippen LogP contribution in [0.4, 0.5) is 0 Å². The third kappa shape index (κ3) is 2.90. The molecule has 1 aromatic rings. The SMILES string of the molecule is CCCOc1nc(Cl)c(Cl)cc1Cl. The van der Waals surface area contributed by atoms with E-state index in [0.717, 1.165) is 6.42 Å². The molecule has 0 fully saturated rings. The second kappa shape index (κ2) is 4.89. The van der Waals surface area contributed by atoms with Crippen LogP contribution >= 0.6 is 34.8 Å².